The highest BCUT2D eigenvalue weighted by Gasteiger charge is 2.20. The maximum Gasteiger partial charge on any atom is 0.244 e. The molecule has 0 bridgehead atoms. The van der Waals surface area contributed by atoms with Gasteiger partial charge in [-0.3, -0.25) is 14.4 Å². The van der Waals surface area contributed by atoms with Gasteiger partial charge in [0.25, 0.3) is 0 Å². The molecule has 1 N–H and O–H groups in total. The first-order valence-corrected chi connectivity index (χ1v) is 10.7. The Morgan fingerprint density at radius 1 is 0.941 bits per heavy atom. The SMILES string of the molecule is COc1cc2c(=O)c(C(=O)c3ccccc3)cn(CC(=O)Nc3ccc(Cl)cc3)c2cc1OC. The molecule has 1 heterocycles. The van der Waals surface area contributed by atoms with E-state index >= 15 is 0 Å². The lowest BCUT2D eigenvalue weighted by atomic mass is 10.0. The van der Waals surface area contributed by atoms with Crippen LogP contribution in [0.15, 0.2) is 77.7 Å². The van der Waals surface area contributed by atoms with Gasteiger partial charge >= 0.3 is 0 Å². The van der Waals surface area contributed by atoms with E-state index in [1.54, 1.807) is 65.2 Å². The summed E-state index contributed by atoms with van der Waals surface area (Å²) in [6, 6.07) is 18.3. The molecule has 0 aliphatic carbocycles. The van der Waals surface area contributed by atoms with Gasteiger partial charge in [-0.1, -0.05) is 41.9 Å². The Balaban J connectivity index is 1.83. The van der Waals surface area contributed by atoms with E-state index in [2.05, 4.69) is 5.32 Å². The summed E-state index contributed by atoms with van der Waals surface area (Å²) in [7, 11) is 2.94. The first-order valence-electron chi connectivity index (χ1n) is 10.4. The van der Waals surface area contributed by atoms with Gasteiger partial charge in [-0.15, -0.1) is 0 Å². The number of pyridine rings is 1. The van der Waals surface area contributed by atoms with E-state index in [1.807, 2.05) is 0 Å². The Labute approximate surface area is 200 Å². The van der Waals surface area contributed by atoms with Crippen molar-refractivity contribution in [1.82, 2.24) is 4.57 Å². The number of hydrogen-bond donors (Lipinski definition) is 1. The molecule has 0 saturated carbocycles. The van der Waals surface area contributed by atoms with Crippen LogP contribution in [0, 0.1) is 0 Å². The Morgan fingerprint density at radius 2 is 1.59 bits per heavy atom. The Hall–Kier alpha value is -4.10. The molecule has 0 aliphatic heterocycles. The van der Waals surface area contributed by atoms with E-state index in [9.17, 15) is 14.4 Å². The van der Waals surface area contributed by atoms with E-state index < -0.39 is 11.2 Å². The lowest BCUT2D eigenvalue weighted by Crippen LogP contribution is -2.24. The van der Waals surface area contributed by atoms with E-state index in [0.29, 0.717) is 33.3 Å². The zero-order valence-corrected chi connectivity index (χ0v) is 19.3. The van der Waals surface area contributed by atoms with Gasteiger partial charge in [0.15, 0.2) is 17.3 Å². The van der Waals surface area contributed by atoms with Gasteiger partial charge in [-0.05, 0) is 30.3 Å². The Bertz CT molecular complexity index is 1430. The minimum atomic E-state index is -0.459. The fraction of sp³-hybridized carbons (Fsp3) is 0.115. The first kappa shape index (κ1) is 23.1. The zero-order valence-electron chi connectivity index (χ0n) is 18.5. The number of benzene rings is 3. The van der Waals surface area contributed by atoms with Crippen LogP contribution < -0.4 is 20.2 Å². The smallest absolute Gasteiger partial charge is 0.244 e. The van der Waals surface area contributed by atoms with Gasteiger partial charge in [0, 0.05) is 28.5 Å². The lowest BCUT2D eigenvalue weighted by Gasteiger charge is -2.16. The second kappa shape index (κ2) is 9.80. The van der Waals surface area contributed by atoms with Crippen molar-refractivity contribution in [3.63, 3.8) is 0 Å². The summed E-state index contributed by atoms with van der Waals surface area (Å²) in [5, 5.41) is 3.58. The molecular formula is C26H21ClN2O5. The monoisotopic (exact) mass is 476 g/mol. The number of hydrogen-bond acceptors (Lipinski definition) is 5. The van der Waals surface area contributed by atoms with E-state index in [1.165, 1.54) is 26.5 Å². The van der Waals surface area contributed by atoms with Crippen molar-refractivity contribution in [2.45, 2.75) is 6.54 Å². The number of methoxy groups -OCH3 is 2. The van der Waals surface area contributed by atoms with Gasteiger partial charge in [-0.2, -0.15) is 0 Å². The second-order valence-electron chi connectivity index (χ2n) is 7.47. The molecule has 0 spiro atoms. The molecule has 0 radical (unpaired) electrons. The summed E-state index contributed by atoms with van der Waals surface area (Å²) in [5.74, 6) is -0.0497. The molecule has 7 nitrogen and oxygen atoms in total. The highest BCUT2D eigenvalue weighted by Crippen LogP contribution is 2.31. The van der Waals surface area contributed by atoms with Crippen molar-refractivity contribution >= 4 is 39.9 Å². The maximum absolute atomic E-state index is 13.3. The maximum atomic E-state index is 13.3. The average molecular weight is 477 g/mol. The molecule has 172 valence electrons. The summed E-state index contributed by atoms with van der Waals surface area (Å²) in [6.45, 7) is -0.149. The molecule has 1 amide bonds. The molecule has 0 unspecified atom stereocenters. The largest absolute Gasteiger partial charge is 0.493 e. The molecular weight excluding hydrogens is 456 g/mol. The predicted octanol–water partition coefficient (Wildman–Crippen LogP) is 4.54. The number of carbonyl (C=O) groups excluding carboxylic acids is 2. The number of nitrogens with zero attached hydrogens (tertiary/aromatic N) is 1. The van der Waals surface area contributed by atoms with Crippen LogP contribution in [0.5, 0.6) is 11.5 Å². The summed E-state index contributed by atoms with van der Waals surface area (Å²) >= 11 is 5.91. The molecule has 3 aromatic carbocycles. The molecule has 0 saturated heterocycles. The number of ketones is 1. The molecule has 0 fully saturated rings. The molecule has 0 aliphatic rings. The first-order chi connectivity index (χ1) is 16.4. The number of aromatic nitrogens is 1. The molecule has 0 atom stereocenters. The topological polar surface area (TPSA) is 86.6 Å². The van der Waals surface area contributed by atoms with Gasteiger partial charge in [0.2, 0.25) is 11.3 Å². The van der Waals surface area contributed by atoms with Crippen LogP contribution in [0.3, 0.4) is 0 Å². The fourth-order valence-electron chi connectivity index (χ4n) is 3.64. The highest BCUT2D eigenvalue weighted by molar-refractivity contribution is 6.30. The quantitative estimate of drug-likeness (QED) is 0.396. The van der Waals surface area contributed by atoms with Crippen LogP contribution in [0.4, 0.5) is 5.69 Å². The third kappa shape index (κ3) is 4.65. The molecule has 4 aromatic rings. The van der Waals surface area contributed by atoms with Crippen LogP contribution >= 0.6 is 11.6 Å². The number of rotatable bonds is 7. The van der Waals surface area contributed by atoms with Gasteiger partial charge < -0.3 is 19.4 Å². The van der Waals surface area contributed by atoms with E-state index in [0.717, 1.165) is 0 Å². The fourth-order valence-corrected chi connectivity index (χ4v) is 3.77. The number of fused-ring (bicyclic) bond motifs is 1. The molecule has 8 heteroatoms. The average Bonchev–Trinajstić information content (AvgIpc) is 2.86. The van der Waals surface area contributed by atoms with Gasteiger partial charge in [0.1, 0.15) is 6.54 Å². The molecule has 1 aromatic heterocycles. The normalized spacial score (nSPS) is 10.7. The minimum absolute atomic E-state index is 0.0507. The summed E-state index contributed by atoms with van der Waals surface area (Å²) in [6.07, 6.45) is 1.41. The van der Waals surface area contributed by atoms with Crippen molar-refractivity contribution in [3.8, 4) is 11.5 Å². The molecule has 34 heavy (non-hydrogen) atoms. The Kier molecular flexibility index (Phi) is 6.65. The number of carbonyl (C=O) groups is 2. The van der Waals surface area contributed by atoms with E-state index in [-0.39, 0.29) is 23.4 Å². The number of nitrogens with one attached hydrogen (secondary N) is 1. The van der Waals surface area contributed by atoms with Crippen LogP contribution in [-0.4, -0.2) is 30.5 Å². The Morgan fingerprint density at radius 3 is 2.24 bits per heavy atom. The number of halogens is 1. The summed E-state index contributed by atoms with van der Waals surface area (Å²) in [5.41, 5.74) is 0.860. The van der Waals surface area contributed by atoms with Crippen molar-refractivity contribution in [2.24, 2.45) is 0 Å². The third-order valence-corrected chi connectivity index (χ3v) is 5.56. The number of amides is 1. The highest BCUT2D eigenvalue weighted by atomic mass is 35.5. The predicted molar refractivity (Wildman–Crippen MR) is 131 cm³/mol. The van der Waals surface area contributed by atoms with Crippen molar-refractivity contribution < 1.29 is 19.1 Å². The lowest BCUT2D eigenvalue weighted by molar-refractivity contribution is -0.116. The van der Waals surface area contributed by atoms with Gasteiger partial charge in [0.05, 0.1) is 30.7 Å². The van der Waals surface area contributed by atoms with Crippen molar-refractivity contribution in [1.29, 1.82) is 0 Å². The van der Waals surface area contributed by atoms with E-state index in [4.69, 9.17) is 21.1 Å². The minimum Gasteiger partial charge on any atom is -0.493 e. The summed E-state index contributed by atoms with van der Waals surface area (Å²) < 4.78 is 12.3. The summed E-state index contributed by atoms with van der Waals surface area (Å²) in [4.78, 5) is 39.3. The second-order valence-corrected chi connectivity index (χ2v) is 7.91. The van der Waals surface area contributed by atoms with Crippen LogP contribution in [0.2, 0.25) is 5.02 Å². The third-order valence-electron chi connectivity index (χ3n) is 5.31. The van der Waals surface area contributed by atoms with Gasteiger partial charge in [-0.25, -0.2) is 0 Å². The zero-order chi connectivity index (χ0) is 24.2. The molecule has 4 rings (SSSR count). The van der Waals surface area contributed by atoms with Crippen LogP contribution in [-0.2, 0) is 11.3 Å². The standard InChI is InChI=1S/C26H21ClN2O5/c1-33-22-12-19-21(13-23(22)34-2)29(15-24(30)28-18-10-8-17(27)9-11-18)14-20(26(19)32)25(31)16-6-4-3-5-7-16/h3-14H,15H2,1-2H3,(H,28,30). The van der Waals surface area contributed by atoms with Crippen LogP contribution in [0.1, 0.15) is 15.9 Å². The number of anilines is 1. The van der Waals surface area contributed by atoms with Crippen LogP contribution in [0.25, 0.3) is 10.9 Å². The van der Waals surface area contributed by atoms with Crippen molar-refractivity contribution in [3.05, 3.63) is 99.3 Å². The van der Waals surface area contributed by atoms with Crippen molar-refractivity contribution in [2.75, 3.05) is 19.5 Å². The number of ether oxygens (including phenoxy) is 2.